The first-order chi connectivity index (χ1) is 11.0. The molecule has 0 aliphatic carbocycles. The second-order valence-corrected chi connectivity index (χ2v) is 6.80. The molecule has 0 amide bonds. The molecule has 4 nitrogen and oxygen atoms in total. The molecule has 0 N–H and O–H groups in total. The number of hydrogen-bond acceptors (Lipinski definition) is 5. The van der Waals surface area contributed by atoms with Crippen LogP contribution in [0.2, 0.25) is 5.02 Å². The van der Waals surface area contributed by atoms with E-state index in [2.05, 4.69) is 0 Å². The van der Waals surface area contributed by atoms with E-state index in [-0.39, 0.29) is 11.2 Å². The van der Waals surface area contributed by atoms with Gasteiger partial charge in [-0.1, -0.05) is 11.6 Å². The highest BCUT2D eigenvalue weighted by atomic mass is 35.5. The number of hydrogen-bond donors (Lipinski definition) is 0. The Balaban J connectivity index is 1.92. The van der Waals surface area contributed by atoms with Crippen LogP contribution >= 0.6 is 23.4 Å². The van der Waals surface area contributed by atoms with E-state index in [1.54, 1.807) is 12.1 Å². The molecule has 1 aromatic rings. The molecule has 1 aromatic carbocycles. The number of carbonyl (C=O) groups is 1. The van der Waals surface area contributed by atoms with Gasteiger partial charge in [0.25, 0.3) is 0 Å². The number of benzene rings is 1. The topological polar surface area (TPSA) is 38.8 Å². The summed E-state index contributed by atoms with van der Waals surface area (Å²) in [6.07, 6.45) is 3.81. The normalized spacial score (nSPS) is 20.0. The number of allylic oxidation sites excluding steroid dienone is 2. The third kappa shape index (κ3) is 3.12. The summed E-state index contributed by atoms with van der Waals surface area (Å²) in [7, 11) is 3.36. The minimum absolute atomic E-state index is 0.259. The Morgan fingerprint density at radius 1 is 1.30 bits per heavy atom. The van der Waals surface area contributed by atoms with Crippen molar-refractivity contribution in [3.8, 4) is 5.75 Å². The third-order valence-corrected chi connectivity index (χ3v) is 5.30. The highest BCUT2D eigenvalue weighted by molar-refractivity contribution is 8.05. The molecule has 1 unspecified atom stereocenters. The number of thioether (sulfide) groups is 1. The van der Waals surface area contributed by atoms with E-state index < -0.39 is 0 Å². The predicted octanol–water partition coefficient (Wildman–Crippen LogP) is 3.95. The fraction of sp³-hybridized carbons (Fsp3) is 0.235. The number of rotatable bonds is 3. The lowest BCUT2D eigenvalue weighted by atomic mass is 10.1. The zero-order valence-electron chi connectivity index (χ0n) is 13.0. The molecular weight excluding hydrogens is 334 g/mol. The molecule has 0 bridgehead atoms. The van der Waals surface area contributed by atoms with Crippen molar-refractivity contribution in [1.29, 1.82) is 0 Å². The monoisotopic (exact) mass is 349 g/mol. The summed E-state index contributed by atoms with van der Waals surface area (Å²) in [4.78, 5) is 14.9. The van der Waals surface area contributed by atoms with E-state index in [0.29, 0.717) is 16.5 Å². The fourth-order valence-corrected chi connectivity index (χ4v) is 3.76. The Morgan fingerprint density at radius 3 is 2.65 bits per heavy atom. The van der Waals surface area contributed by atoms with Crippen molar-refractivity contribution in [3.63, 3.8) is 0 Å². The van der Waals surface area contributed by atoms with E-state index in [9.17, 15) is 4.79 Å². The highest BCUT2D eigenvalue weighted by Crippen LogP contribution is 2.45. The molecule has 6 heteroatoms. The van der Waals surface area contributed by atoms with Crippen molar-refractivity contribution in [3.05, 3.63) is 63.5 Å². The van der Waals surface area contributed by atoms with Gasteiger partial charge in [-0.2, -0.15) is 0 Å². The van der Waals surface area contributed by atoms with Gasteiger partial charge in [0.15, 0.2) is 5.76 Å². The van der Waals surface area contributed by atoms with E-state index in [0.717, 1.165) is 16.2 Å². The van der Waals surface area contributed by atoms with Crippen LogP contribution in [0.1, 0.15) is 6.92 Å². The van der Waals surface area contributed by atoms with Crippen molar-refractivity contribution >= 4 is 29.3 Å². The summed E-state index contributed by atoms with van der Waals surface area (Å²) in [5.41, 5.74) is 2.01. The molecule has 0 radical (unpaired) electrons. The van der Waals surface area contributed by atoms with E-state index in [1.165, 1.54) is 18.9 Å². The van der Waals surface area contributed by atoms with Crippen molar-refractivity contribution in [2.24, 2.45) is 0 Å². The maximum Gasteiger partial charge on any atom is 0.323 e. The van der Waals surface area contributed by atoms with Gasteiger partial charge in [0.2, 0.25) is 0 Å². The molecule has 2 aliphatic rings. The van der Waals surface area contributed by atoms with Crippen molar-refractivity contribution in [1.82, 2.24) is 4.90 Å². The van der Waals surface area contributed by atoms with E-state index in [4.69, 9.17) is 21.1 Å². The number of esters is 1. The number of fused-ring (bicyclic) bond motifs is 1. The molecule has 0 saturated heterocycles. The lowest BCUT2D eigenvalue weighted by Crippen LogP contribution is -2.18. The summed E-state index contributed by atoms with van der Waals surface area (Å²) in [6, 6.07) is 7.19. The Kier molecular flexibility index (Phi) is 4.41. The summed E-state index contributed by atoms with van der Waals surface area (Å²) in [5.74, 6) is 1.14. The Hall–Kier alpha value is -1.85. The summed E-state index contributed by atoms with van der Waals surface area (Å²) >= 11 is 7.39. The molecule has 2 aliphatic heterocycles. The molecule has 1 atom stereocenters. The number of ether oxygens (including phenoxy) is 2. The van der Waals surface area contributed by atoms with Gasteiger partial charge in [0, 0.05) is 34.4 Å². The Labute approximate surface area is 144 Å². The van der Waals surface area contributed by atoms with Crippen LogP contribution in [0.25, 0.3) is 0 Å². The van der Waals surface area contributed by atoms with Crippen LogP contribution in [0.3, 0.4) is 0 Å². The smallest absolute Gasteiger partial charge is 0.323 e. The van der Waals surface area contributed by atoms with Crippen LogP contribution in [-0.2, 0) is 9.53 Å². The Bertz CT molecular complexity index is 737. The highest BCUT2D eigenvalue weighted by Gasteiger charge is 2.34. The molecule has 3 rings (SSSR count). The van der Waals surface area contributed by atoms with Gasteiger partial charge in [0.05, 0.1) is 7.11 Å². The lowest BCUT2D eigenvalue weighted by molar-refractivity contribution is -0.138. The van der Waals surface area contributed by atoms with Crippen LogP contribution in [-0.4, -0.2) is 30.3 Å². The van der Waals surface area contributed by atoms with Crippen LogP contribution in [0.5, 0.6) is 5.75 Å². The number of nitrogens with zero attached hydrogens (tertiary/aromatic N) is 1. The van der Waals surface area contributed by atoms with E-state index >= 15 is 0 Å². The maximum atomic E-state index is 11.8. The molecule has 0 fully saturated rings. The van der Waals surface area contributed by atoms with Crippen LogP contribution in [0.15, 0.2) is 58.5 Å². The first-order valence-corrected chi connectivity index (χ1v) is 8.31. The van der Waals surface area contributed by atoms with Gasteiger partial charge in [0.1, 0.15) is 11.0 Å². The van der Waals surface area contributed by atoms with Crippen molar-refractivity contribution in [2.75, 3.05) is 14.2 Å². The maximum absolute atomic E-state index is 11.8. The van der Waals surface area contributed by atoms with Gasteiger partial charge < -0.3 is 14.4 Å². The Morgan fingerprint density at radius 2 is 2.00 bits per heavy atom. The second-order valence-electron chi connectivity index (χ2n) is 5.22. The molecule has 0 aromatic heterocycles. The minimum atomic E-state index is -0.344. The fourth-order valence-electron chi connectivity index (χ4n) is 2.37. The molecular formula is C17H16ClNO3S. The van der Waals surface area contributed by atoms with Crippen molar-refractivity contribution in [2.45, 2.75) is 12.2 Å². The van der Waals surface area contributed by atoms with Gasteiger partial charge in [-0.25, -0.2) is 0 Å². The summed E-state index contributed by atoms with van der Waals surface area (Å²) in [6.45, 7) is 2.02. The molecule has 2 heterocycles. The van der Waals surface area contributed by atoms with Gasteiger partial charge in [-0.05, 0) is 37.3 Å². The van der Waals surface area contributed by atoms with Crippen LogP contribution < -0.4 is 4.74 Å². The standard InChI is InChI=1S/C17H16ClNO3S/c1-10-16-13(8-15(23-16)17(20)21-3)14(9-19(10)2)22-12-6-4-11(18)5-7-12/h4-9,15H,1-3H3. The van der Waals surface area contributed by atoms with Crippen LogP contribution in [0.4, 0.5) is 0 Å². The zero-order chi connectivity index (χ0) is 16.6. The number of halogens is 1. The van der Waals surface area contributed by atoms with Crippen LogP contribution in [0, 0.1) is 0 Å². The average molecular weight is 350 g/mol. The largest absolute Gasteiger partial charge is 0.468 e. The first-order valence-electron chi connectivity index (χ1n) is 7.05. The van der Waals surface area contributed by atoms with E-state index in [1.807, 2.05) is 43.3 Å². The SMILES string of the molecule is COC(=O)C1C=C2C(Oc3ccc(Cl)cc3)=CN(C)C(C)=C2S1. The third-order valence-electron chi connectivity index (χ3n) is 3.72. The number of methoxy groups -OCH3 is 1. The summed E-state index contributed by atoms with van der Waals surface area (Å²) in [5, 5.41) is 0.314. The minimum Gasteiger partial charge on any atom is -0.468 e. The molecule has 0 spiro atoms. The molecule has 23 heavy (non-hydrogen) atoms. The zero-order valence-corrected chi connectivity index (χ0v) is 14.6. The predicted molar refractivity (Wildman–Crippen MR) is 92.1 cm³/mol. The average Bonchev–Trinajstić information content (AvgIpc) is 2.99. The van der Waals surface area contributed by atoms with Gasteiger partial charge >= 0.3 is 5.97 Å². The second kappa shape index (κ2) is 6.34. The number of carbonyl (C=O) groups excluding carboxylic acids is 1. The first kappa shape index (κ1) is 16.0. The quantitative estimate of drug-likeness (QED) is 0.772. The lowest BCUT2D eigenvalue weighted by Gasteiger charge is -2.26. The van der Waals surface area contributed by atoms with Gasteiger partial charge in [-0.3, -0.25) is 4.79 Å². The van der Waals surface area contributed by atoms with Crippen molar-refractivity contribution < 1.29 is 14.3 Å². The van der Waals surface area contributed by atoms with Gasteiger partial charge in [-0.15, -0.1) is 11.8 Å². The molecule has 120 valence electrons. The summed E-state index contributed by atoms with van der Waals surface area (Å²) < 4.78 is 10.9. The molecule has 0 saturated carbocycles.